The van der Waals surface area contributed by atoms with E-state index in [4.69, 9.17) is 16.3 Å². The summed E-state index contributed by atoms with van der Waals surface area (Å²) >= 11 is 6.99. The molecule has 1 aromatic heterocycles. The molecule has 0 radical (unpaired) electrons. The minimum absolute atomic E-state index is 0.0299. The number of phenols is 1. The molecule has 1 fully saturated rings. The third-order valence-electron chi connectivity index (χ3n) is 4.57. The van der Waals surface area contributed by atoms with Crippen LogP contribution in [-0.4, -0.2) is 41.4 Å². The van der Waals surface area contributed by atoms with Crippen LogP contribution in [0, 0.1) is 5.92 Å². The fourth-order valence-corrected chi connectivity index (χ4v) is 4.29. The van der Waals surface area contributed by atoms with Gasteiger partial charge in [0.15, 0.2) is 5.13 Å². The van der Waals surface area contributed by atoms with Crippen LogP contribution in [0.25, 0.3) is 11.3 Å². The Morgan fingerprint density at radius 3 is 2.89 bits per heavy atom. The van der Waals surface area contributed by atoms with Gasteiger partial charge in [-0.3, -0.25) is 4.79 Å². The van der Waals surface area contributed by atoms with Crippen molar-refractivity contribution in [2.75, 3.05) is 18.1 Å². The van der Waals surface area contributed by atoms with Gasteiger partial charge in [-0.05, 0) is 38.0 Å². The number of carbonyl (C=O) groups is 1. The summed E-state index contributed by atoms with van der Waals surface area (Å²) in [4.78, 5) is 17.4. The van der Waals surface area contributed by atoms with Crippen LogP contribution in [0.1, 0.15) is 19.8 Å². The summed E-state index contributed by atoms with van der Waals surface area (Å²) in [6.45, 7) is 1.79. The topological polar surface area (TPSA) is 62.7 Å². The number of rotatable bonds is 4. The van der Waals surface area contributed by atoms with Gasteiger partial charge in [0.1, 0.15) is 11.8 Å². The molecule has 3 rings (SSSR count). The largest absolute Gasteiger partial charge is 0.507 e. The number of nitrogens with zero attached hydrogens (tertiary/aromatic N) is 2. The molecule has 0 bridgehead atoms. The summed E-state index contributed by atoms with van der Waals surface area (Å²) in [5.74, 6) is -1.45. The highest BCUT2D eigenvalue weighted by Gasteiger charge is 2.49. The first-order valence-electron chi connectivity index (χ1n) is 8.65. The Labute approximate surface area is 168 Å². The highest BCUT2D eigenvalue weighted by Crippen LogP contribution is 2.41. The van der Waals surface area contributed by atoms with Crippen molar-refractivity contribution in [3.05, 3.63) is 28.6 Å². The molecule has 152 valence electrons. The lowest BCUT2D eigenvalue weighted by Gasteiger charge is -2.39. The van der Waals surface area contributed by atoms with Crippen LogP contribution in [-0.2, 0) is 9.53 Å². The van der Waals surface area contributed by atoms with E-state index in [2.05, 4.69) is 4.98 Å². The molecule has 0 spiro atoms. The lowest BCUT2D eigenvalue weighted by Crippen LogP contribution is -2.52. The standard InChI is InChI=1S/C18H18ClF3N2O3S/c1-2-27-16(26)10-5-6-24(15(7-10)18(20,21)22)17-23-13(9-28-17)12-8-11(19)3-4-14(12)25/h3-4,8-10,15,25H,2,5-7H2,1H3. The average Bonchev–Trinajstić information content (AvgIpc) is 3.12. The maximum Gasteiger partial charge on any atom is 0.408 e. The molecule has 2 aromatic rings. The van der Waals surface area contributed by atoms with Gasteiger partial charge >= 0.3 is 12.1 Å². The quantitative estimate of drug-likeness (QED) is 0.695. The molecule has 1 saturated heterocycles. The lowest BCUT2D eigenvalue weighted by atomic mass is 9.91. The van der Waals surface area contributed by atoms with E-state index < -0.39 is 24.1 Å². The number of halogens is 4. The van der Waals surface area contributed by atoms with Crippen molar-refractivity contribution in [1.29, 1.82) is 0 Å². The van der Waals surface area contributed by atoms with Crippen LogP contribution < -0.4 is 4.90 Å². The van der Waals surface area contributed by atoms with Gasteiger partial charge < -0.3 is 14.7 Å². The van der Waals surface area contributed by atoms with E-state index in [0.29, 0.717) is 16.3 Å². The van der Waals surface area contributed by atoms with Crippen molar-refractivity contribution in [2.24, 2.45) is 5.92 Å². The van der Waals surface area contributed by atoms with Gasteiger partial charge in [0, 0.05) is 22.5 Å². The van der Waals surface area contributed by atoms with Crippen LogP contribution in [0.5, 0.6) is 5.75 Å². The molecule has 5 nitrogen and oxygen atoms in total. The maximum atomic E-state index is 13.7. The first kappa shape index (κ1) is 20.7. The zero-order valence-corrected chi connectivity index (χ0v) is 16.4. The maximum absolute atomic E-state index is 13.7. The van der Waals surface area contributed by atoms with Crippen LogP contribution in [0.2, 0.25) is 5.02 Å². The predicted molar refractivity (Wildman–Crippen MR) is 101 cm³/mol. The number of phenolic OH excluding ortho intramolecular Hbond substituents is 1. The SMILES string of the molecule is CCOC(=O)C1CCN(c2nc(-c3cc(Cl)ccc3O)cs2)C(C(F)(F)F)C1. The number of ether oxygens (including phenoxy) is 1. The lowest BCUT2D eigenvalue weighted by molar-refractivity contribution is -0.164. The number of piperidine rings is 1. The number of alkyl halides is 3. The van der Waals surface area contributed by atoms with E-state index in [1.165, 1.54) is 23.1 Å². The summed E-state index contributed by atoms with van der Waals surface area (Å²) in [6, 6.07) is 2.58. The van der Waals surface area contributed by atoms with Gasteiger partial charge in [0.05, 0.1) is 18.2 Å². The van der Waals surface area contributed by atoms with Crippen LogP contribution in [0.3, 0.4) is 0 Å². The molecule has 0 saturated carbocycles. The Balaban J connectivity index is 1.87. The van der Waals surface area contributed by atoms with E-state index in [1.54, 1.807) is 12.3 Å². The number of benzene rings is 1. The smallest absolute Gasteiger partial charge is 0.408 e. The summed E-state index contributed by atoms with van der Waals surface area (Å²) in [7, 11) is 0. The molecule has 1 aliphatic rings. The molecule has 28 heavy (non-hydrogen) atoms. The number of aromatic nitrogens is 1. The Morgan fingerprint density at radius 2 is 2.21 bits per heavy atom. The van der Waals surface area contributed by atoms with E-state index in [1.807, 2.05) is 0 Å². The Kier molecular flexibility index (Phi) is 6.04. The van der Waals surface area contributed by atoms with Crippen molar-refractivity contribution >= 4 is 34.0 Å². The van der Waals surface area contributed by atoms with E-state index in [9.17, 15) is 23.1 Å². The van der Waals surface area contributed by atoms with Crippen LogP contribution >= 0.6 is 22.9 Å². The molecule has 1 N–H and O–H groups in total. The molecule has 1 aliphatic heterocycles. The predicted octanol–water partition coefficient (Wildman–Crippen LogP) is 4.88. The summed E-state index contributed by atoms with van der Waals surface area (Å²) in [5.41, 5.74) is 0.688. The summed E-state index contributed by atoms with van der Waals surface area (Å²) in [6.07, 6.45) is -4.64. The van der Waals surface area contributed by atoms with Crippen molar-refractivity contribution in [2.45, 2.75) is 32.0 Å². The molecular formula is C18H18ClF3N2O3S. The number of thiazole rings is 1. The van der Waals surface area contributed by atoms with Crippen molar-refractivity contribution in [3.8, 4) is 17.0 Å². The van der Waals surface area contributed by atoms with E-state index in [-0.39, 0.29) is 36.9 Å². The normalized spacial score (nSPS) is 20.2. The van der Waals surface area contributed by atoms with Gasteiger partial charge in [-0.25, -0.2) is 4.98 Å². The number of carbonyl (C=O) groups excluding carboxylic acids is 1. The molecule has 0 aliphatic carbocycles. The van der Waals surface area contributed by atoms with Crippen LogP contribution in [0.15, 0.2) is 23.6 Å². The molecule has 2 atom stereocenters. The molecule has 10 heteroatoms. The summed E-state index contributed by atoms with van der Waals surface area (Å²) in [5, 5.41) is 12.1. The summed E-state index contributed by atoms with van der Waals surface area (Å²) < 4.78 is 45.9. The zero-order chi connectivity index (χ0) is 20.5. The van der Waals surface area contributed by atoms with E-state index >= 15 is 0 Å². The van der Waals surface area contributed by atoms with Crippen molar-refractivity contribution in [1.82, 2.24) is 4.98 Å². The van der Waals surface area contributed by atoms with Crippen molar-refractivity contribution < 1.29 is 27.8 Å². The average molecular weight is 435 g/mol. The first-order valence-corrected chi connectivity index (χ1v) is 9.91. The molecule has 1 aromatic carbocycles. The first-order chi connectivity index (χ1) is 13.2. The third kappa shape index (κ3) is 4.35. The second-order valence-electron chi connectivity index (χ2n) is 6.40. The Morgan fingerprint density at radius 1 is 1.46 bits per heavy atom. The molecular weight excluding hydrogens is 417 g/mol. The fraction of sp³-hybridized carbons (Fsp3) is 0.444. The number of esters is 1. The second kappa shape index (κ2) is 8.16. The number of hydrogen-bond acceptors (Lipinski definition) is 6. The highest BCUT2D eigenvalue weighted by atomic mass is 35.5. The monoisotopic (exact) mass is 434 g/mol. The molecule has 2 unspecified atom stereocenters. The van der Waals surface area contributed by atoms with Crippen LogP contribution in [0.4, 0.5) is 18.3 Å². The van der Waals surface area contributed by atoms with Gasteiger partial charge in [-0.2, -0.15) is 13.2 Å². The van der Waals surface area contributed by atoms with Gasteiger partial charge in [-0.1, -0.05) is 11.6 Å². The van der Waals surface area contributed by atoms with E-state index in [0.717, 1.165) is 11.3 Å². The fourth-order valence-electron chi connectivity index (χ4n) is 3.21. The van der Waals surface area contributed by atoms with Gasteiger partial charge in [-0.15, -0.1) is 11.3 Å². The third-order valence-corrected chi connectivity index (χ3v) is 5.69. The van der Waals surface area contributed by atoms with Gasteiger partial charge in [0.2, 0.25) is 0 Å². The number of anilines is 1. The molecule has 2 heterocycles. The van der Waals surface area contributed by atoms with Gasteiger partial charge in [0.25, 0.3) is 0 Å². The highest BCUT2D eigenvalue weighted by molar-refractivity contribution is 7.14. The Hall–Kier alpha value is -2.00. The minimum Gasteiger partial charge on any atom is -0.507 e. The molecule has 0 amide bonds. The number of hydrogen-bond donors (Lipinski definition) is 1. The number of aromatic hydroxyl groups is 1. The van der Waals surface area contributed by atoms with Crippen molar-refractivity contribution in [3.63, 3.8) is 0 Å². The minimum atomic E-state index is -4.52. The Bertz CT molecular complexity index is 859. The second-order valence-corrected chi connectivity index (χ2v) is 7.67. The zero-order valence-electron chi connectivity index (χ0n) is 14.9.